The van der Waals surface area contributed by atoms with Crippen LogP contribution in [0.4, 0.5) is 5.69 Å². The van der Waals surface area contributed by atoms with Crippen LogP contribution in [0.3, 0.4) is 0 Å². The highest BCUT2D eigenvalue weighted by molar-refractivity contribution is 5.94. The van der Waals surface area contributed by atoms with Crippen LogP contribution >= 0.6 is 0 Å². The number of carbonyl (C=O) groups is 1. The molecule has 0 radical (unpaired) electrons. The number of benzene rings is 2. The molecule has 2 aromatic carbocycles. The van der Waals surface area contributed by atoms with Gasteiger partial charge in [-0.3, -0.25) is 4.79 Å². The molecule has 7 heteroatoms. The highest BCUT2D eigenvalue weighted by Crippen LogP contribution is 2.32. The van der Waals surface area contributed by atoms with Gasteiger partial charge in [0.2, 0.25) is 5.91 Å². The van der Waals surface area contributed by atoms with E-state index in [1.54, 1.807) is 30.4 Å². The van der Waals surface area contributed by atoms with Gasteiger partial charge in [-0.2, -0.15) is 0 Å². The van der Waals surface area contributed by atoms with Crippen LogP contribution in [0.1, 0.15) is 11.4 Å². The van der Waals surface area contributed by atoms with E-state index in [-0.39, 0.29) is 12.5 Å². The van der Waals surface area contributed by atoms with E-state index in [1.165, 1.54) is 0 Å². The van der Waals surface area contributed by atoms with Gasteiger partial charge in [0.25, 0.3) is 0 Å². The summed E-state index contributed by atoms with van der Waals surface area (Å²) < 4.78 is 9.40. The molecule has 0 saturated carbocycles. The van der Waals surface area contributed by atoms with E-state index in [0.29, 0.717) is 13.1 Å². The third-order valence-corrected chi connectivity index (χ3v) is 5.34. The van der Waals surface area contributed by atoms with Crippen molar-refractivity contribution in [1.82, 2.24) is 19.1 Å². The molecule has 0 bridgehead atoms. The average molecular weight is 399 g/mol. The number of hydrogen-bond acceptors (Lipinski definition) is 4. The van der Waals surface area contributed by atoms with Crippen LogP contribution in [0.5, 0.6) is 5.75 Å². The molecule has 0 N–H and O–H groups in total. The van der Waals surface area contributed by atoms with Crippen molar-refractivity contribution in [2.75, 3.05) is 12.0 Å². The summed E-state index contributed by atoms with van der Waals surface area (Å²) in [6, 6.07) is 15.9. The number of imidazole rings is 2. The number of rotatable bonds is 4. The number of aromatic nitrogens is 4. The van der Waals surface area contributed by atoms with Crippen molar-refractivity contribution < 1.29 is 9.53 Å². The second-order valence-electron chi connectivity index (χ2n) is 7.21. The molecule has 3 heterocycles. The number of anilines is 1. The molecule has 0 fully saturated rings. The van der Waals surface area contributed by atoms with Crippen LogP contribution in [-0.4, -0.2) is 32.1 Å². The maximum absolute atomic E-state index is 13.2. The van der Waals surface area contributed by atoms with Gasteiger partial charge >= 0.3 is 0 Å². The van der Waals surface area contributed by atoms with Crippen molar-refractivity contribution in [3.8, 4) is 17.0 Å². The van der Waals surface area contributed by atoms with Crippen molar-refractivity contribution in [2.24, 2.45) is 0 Å². The fourth-order valence-corrected chi connectivity index (χ4v) is 3.87. The molecule has 1 aliphatic heterocycles. The first-order valence-corrected chi connectivity index (χ1v) is 9.76. The predicted molar refractivity (Wildman–Crippen MR) is 113 cm³/mol. The van der Waals surface area contributed by atoms with Gasteiger partial charge in [-0.25, -0.2) is 9.97 Å². The Hall–Kier alpha value is -3.87. The zero-order valence-electron chi connectivity index (χ0n) is 16.6. The van der Waals surface area contributed by atoms with Gasteiger partial charge in [-0.05, 0) is 23.8 Å². The minimum atomic E-state index is -0.00394. The van der Waals surface area contributed by atoms with E-state index in [4.69, 9.17) is 9.72 Å². The Balaban J connectivity index is 1.54. The van der Waals surface area contributed by atoms with Crippen LogP contribution < -0.4 is 9.64 Å². The van der Waals surface area contributed by atoms with Gasteiger partial charge in [0.15, 0.2) is 0 Å². The summed E-state index contributed by atoms with van der Waals surface area (Å²) in [6.07, 6.45) is 7.16. The first-order chi connectivity index (χ1) is 14.7. The highest BCUT2D eigenvalue weighted by atomic mass is 16.5. The molecule has 4 aromatic rings. The van der Waals surface area contributed by atoms with E-state index in [1.807, 2.05) is 53.6 Å². The molecule has 0 saturated heterocycles. The molecular weight excluding hydrogens is 378 g/mol. The van der Waals surface area contributed by atoms with Gasteiger partial charge in [0.05, 0.1) is 32.2 Å². The van der Waals surface area contributed by atoms with Crippen LogP contribution in [-0.2, 0) is 24.4 Å². The average Bonchev–Trinajstić information content (AvgIpc) is 3.39. The Morgan fingerprint density at radius 1 is 1.10 bits per heavy atom. The second kappa shape index (κ2) is 7.51. The molecular formula is C23H21N5O2. The number of hydrogen-bond donors (Lipinski definition) is 0. The molecule has 5 rings (SSSR count). The number of methoxy groups -OCH3 is 1. The number of amides is 1. The topological polar surface area (TPSA) is 65.2 Å². The van der Waals surface area contributed by atoms with E-state index < -0.39 is 0 Å². The summed E-state index contributed by atoms with van der Waals surface area (Å²) >= 11 is 0. The normalized spacial score (nSPS) is 12.8. The van der Waals surface area contributed by atoms with E-state index >= 15 is 0 Å². The summed E-state index contributed by atoms with van der Waals surface area (Å²) in [7, 11) is 1.66. The van der Waals surface area contributed by atoms with Crippen molar-refractivity contribution in [1.29, 1.82) is 0 Å². The van der Waals surface area contributed by atoms with Crippen molar-refractivity contribution >= 4 is 11.6 Å². The molecule has 0 atom stereocenters. The monoisotopic (exact) mass is 399 g/mol. The van der Waals surface area contributed by atoms with E-state index in [0.717, 1.165) is 34.1 Å². The Labute approximate surface area is 174 Å². The molecule has 2 aromatic heterocycles. The Morgan fingerprint density at radius 3 is 2.77 bits per heavy atom. The van der Waals surface area contributed by atoms with Gasteiger partial charge < -0.3 is 18.8 Å². The van der Waals surface area contributed by atoms with Gasteiger partial charge in [-0.1, -0.05) is 30.3 Å². The lowest BCUT2D eigenvalue weighted by Gasteiger charge is -2.22. The molecule has 0 unspecified atom stereocenters. The lowest BCUT2D eigenvalue weighted by molar-refractivity contribution is -0.119. The molecule has 1 amide bonds. The molecule has 0 aliphatic carbocycles. The summed E-state index contributed by atoms with van der Waals surface area (Å²) in [5.74, 6) is 1.61. The molecule has 150 valence electrons. The minimum Gasteiger partial charge on any atom is -0.496 e. The largest absolute Gasteiger partial charge is 0.496 e. The number of carbonyl (C=O) groups excluding carboxylic acids is 1. The Morgan fingerprint density at radius 2 is 1.93 bits per heavy atom. The zero-order valence-corrected chi connectivity index (χ0v) is 16.6. The number of nitrogens with zero attached hydrogens (tertiary/aromatic N) is 5. The minimum absolute atomic E-state index is 0.00394. The molecule has 1 aliphatic rings. The fraction of sp³-hybridized carbons (Fsp3) is 0.174. The standard InChI is InChI=1S/C23H21N5O2/c1-30-21-9-5-3-7-18(21)19-13-27-12-17-6-2-4-8-20(17)28(14-22(27)25-19)23(29)15-26-11-10-24-16-26/h2-11,13,16H,12,14-15H2,1H3. The first-order valence-electron chi connectivity index (χ1n) is 9.76. The lowest BCUT2D eigenvalue weighted by Crippen LogP contribution is -2.33. The smallest absolute Gasteiger partial charge is 0.247 e. The predicted octanol–water partition coefficient (Wildman–Crippen LogP) is 3.35. The van der Waals surface area contributed by atoms with Gasteiger partial charge in [0.1, 0.15) is 18.1 Å². The quantitative estimate of drug-likeness (QED) is 0.528. The SMILES string of the molecule is COc1ccccc1-c1cn2c(n1)CN(C(=O)Cn1ccnc1)c1ccccc1C2. The third-order valence-electron chi connectivity index (χ3n) is 5.34. The zero-order chi connectivity index (χ0) is 20.5. The summed E-state index contributed by atoms with van der Waals surface area (Å²) in [5, 5.41) is 0. The first kappa shape index (κ1) is 18.2. The summed E-state index contributed by atoms with van der Waals surface area (Å²) in [5.41, 5.74) is 3.78. The molecule has 0 spiro atoms. The highest BCUT2D eigenvalue weighted by Gasteiger charge is 2.26. The lowest BCUT2D eigenvalue weighted by atomic mass is 10.1. The number of ether oxygens (including phenoxy) is 1. The van der Waals surface area contributed by atoms with Crippen LogP contribution in [0.25, 0.3) is 11.3 Å². The van der Waals surface area contributed by atoms with Gasteiger partial charge in [-0.15, -0.1) is 0 Å². The maximum Gasteiger partial charge on any atom is 0.247 e. The van der Waals surface area contributed by atoms with Crippen molar-refractivity contribution in [2.45, 2.75) is 19.6 Å². The third kappa shape index (κ3) is 3.24. The Kier molecular flexibility index (Phi) is 4.55. The van der Waals surface area contributed by atoms with Crippen LogP contribution in [0, 0.1) is 0 Å². The Bertz CT molecular complexity index is 1200. The van der Waals surface area contributed by atoms with Crippen LogP contribution in [0.2, 0.25) is 0 Å². The van der Waals surface area contributed by atoms with E-state index in [2.05, 4.69) is 15.6 Å². The van der Waals surface area contributed by atoms with Crippen LogP contribution in [0.15, 0.2) is 73.4 Å². The number of fused-ring (bicyclic) bond motifs is 2. The molecule has 7 nitrogen and oxygen atoms in total. The second-order valence-corrected chi connectivity index (χ2v) is 7.21. The number of para-hydroxylation sites is 2. The van der Waals surface area contributed by atoms with E-state index in [9.17, 15) is 4.79 Å². The summed E-state index contributed by atoms with van der Waals surface area (Å²) in [6.45, 7) is 1.29. The maximum atomic E-state index is 13.2. The summed E-state index contributed by atoms with van der Waals surface area (Å²) in [4.78, 5) is 23.9. The van der Waals surface area contributed by atoms with Crippen molar-refractivity contribution in [3.63, 3.8) is 0 Å². The molecule has 30 heavy (non-hydrogen) atoms. The van der Waals surface area contributed by atoms with Gasteiger partial charge in [0, 0.05) is 29.8 Å². The fourth-order valence-electron chi connectivity index (χ4n) is 3.87. The van der Waals surface area contributed by atoms with Crippen molar-refractivity contribution in [3.05, 3.63) is 84.8 Å².